The molecule has 0 radical (unpaired) electrons. The standard InChI is InChI=1S/C19H19FN2O3/c1-24-10-13-9-22(19(23)12-4-6-21-7-5-12)18-15-8-14(20)2-3-17(15)25-11-16(13)18/h2-8,13,16,18H,9-11H2,1H3/t13-,16-,18-/m0/s1. The molecule has 0 bridgehead atoms. The van der Waals surface area contributed by atoms with Gasteiger partial charge in [-0.1, -0.05) is 0 Å². The van der Waals surface area contributed by atoms with Gasteiger partial charge in [-0.05, 0) is 30.3 Å². The van der Waals surface area contributed by atoms with Gasteiger partial charge in [0.1, 0.15) is 11.6 Å². The minimum Gasteiger partial charge on any atom is -0.493 e. The number of likely N-dealkylation sites (tertiary alicyclic amines) is 1. The van der Waals surface area contributed by atoms with Gasteiger partial charge in [0.15, 0.2) is 0 Å². The highest BCUT2D eigenvalue weighted by Gasteiger charge is 2.48. The summed E-state index contributed by atoms with van der Waals surface area (Å²) in [6.07, 6.45) is 3.20. The van der Waals surface area contributed by atoms with Crippen LogP contribution in [0.3, 0.4) is 0 Å². The van der Waals surface area contributed by atoms with Crippen molar-refractivity contribution in [2.75, 3.05) is 26.9 Å². The third-order valence-corrected chi connectivity index (χ3v) is 5.07. The number of aromatic nitrogens is 1. The van der Waals surface area contributed by atoms with E-state index in [1.165, 1.54) is 12.1 Å². The SMILES string of the molecule is COC[C@@H]1CN(C(=O)c2ccncc2)[C@H]2c3cc(F)ccc3OC[C@@H]12. The lowest BCUT2D eigenvalue weighted by Crippen LogP contribution is -2.35. The predicted octanol–water partition coefficient (Wildman–Crippen LogP) is 2.69. The number of halogens is 1. The summed E-state index contributed by atoms with van der Waals surface area (Å²) in [5, 5.41) is 0. The van der Waals surface area contributed by atoms with E-state index < -0.39 is 0 Å². The lowest BCUT2D eigenvalue weighted by Gasteiger charge is -2.34. The summed E-state index contributed by atoms with van der Waals surface area (Å²) in [5.74, 6) is 0.480. The zero-order valence-electron chi connectivity index (χ0n) is 13.9. The molecule has 4 rings (SSSR count). The van der Waals surface area contributed by atoms with Crippen LogP contribution in [0.1, 0.15) is 22.0 Å². The van der Waals surface area contributed by atoms with E-state index in [4.69, 9.17) is 9.47 Å². The van der Waals surface area contributed by atoms with Gasteiger partial charge in [0, 0.05) is 49.0 Å². The molecule has 0 N–H and O–H groups in total. The van der Waals surface area contributed by atoms with E-state index in [9.17, 15) is 9.18 Å². The smallest absolute Gasteiger partial charge is 0.254 e. The van der Waals surface area contributed by atoms with Gasteiger partial charge in [0.2, 0.25) is 0 Å². The summed E-state index contributed by atoms with van der Waals surface area (Å²) in [7, 11) is 1.65. The number of fused-ring (bicyclic) bond motifs is 3. The molecule has 25 heavy (non-hydrogen) atoms. The molecule has 6 heteroatoms. The molecule has 1 saturated heterocycles. The van der Waals surface area contributed by atoms with Crippen molar-refractivity contribution in [3.05, 3.63) is 59.7 Å². The van der Waals surface area contributed by atoms with Crippen LogP contribution in [0.4, 0.5) is 4.39 Å². The van der Waals surface area contributed by atoms with Gasteiger partial charge in [0.25, 0.3) is 5.91 Å². The number of nitrogens with zero attached hydrogens (tertiary/aromatic N) is 2. The van der Waals surface area contributed by atoms with Crippen LogP contribution in [0.2, 0.25) is 0 Å². The summed E-state index contributed by atoms with van der Waals surface area (Å²) in [5.41, 5.74) is 1.31. The van der Waals surface area contributed by atoms with Crippen LogP contribution in [0.25, 0.3) is 0 Å². The maximum Gasteiger partial charge on any atom is 0.254 e. The molecule has 0 spiro atoms. The molecule has 2 aromatic rings. The van der Waals surface area contributed by atoms with E-state index in [-0.39, 0.29) is 29.6 Å². The molecular formula is C19H19FN2O3. The predicted molar refractivity (Wildman–Crippen MR) is 88.8 cm³/mol. The first-order chi connectivity index (χ1) is 12.2. The average molecular weight is 342 g/mol. The minimum atomic E-state index is -0.325. The molecule has 1 amide bonds. The van der Waals surface area contributed by atoms with Crippen LogP contribution in [-0.2, 0) is 4.74 Å². The van der Waals surface area contributed by atoms with Crippen molar-refractivity contribution in [2.24, 2.45) is 11.8 Å². The summed E-state index contributed by atoms with van der Waals surface area (Å²) < 4.78 is 25.0. The Bertz CT molecular complexity index is 783. The van der Waals surface area contributed by atoms with Crippen LogP contribution in [0, 0.1) is 17.7 Å². The largest absolute Gasteiger partial charge is 0.493 e. The van der Waals surface area contributed by atoms with Gasteiger partial charge in [-0.2, -0.15) is 0 Å². The number of amides is 1. The molecule has 0 aliphatic carbocycles. The topological polar surface area (TPSA) is 51.7 Å². The third kappa shape index (κ3) is 2.76. The molecular weight excluding hydrogens is 323 g/mol. The summed E-state index contributed by atoms with van der Waals surface area (Å²) in [6.45, 7) is 1.59. The van der Waals surface area contributed by atoms with E-state index in [0.29, 0.717) is 31.1 Å². The third-order valence-electron chi connectivity index (χ3n) is 5.07. The highest BCUT2D eigenvalue weighted by Crippen LogP contribution is 2.48. The number of carbonyl (C=O) groups excluding carboxylic acids is 1. The molecule has 0 unspecified atom stereocenters. The highest BCUT2D eigenvalue weighted by atomic mass is 19.1. The molecule has 2 aliphatic rings. The monoisotopic (exact) mass is 342 g/mol. The normalized spacial score (nSPS) is 24.4. The fourth-order valence-corrected chi connectivity index (χ4v) is 3.94. The Balaban J connectivity index is 1.75. The lowest BCUT2D eigenvalue weighted by molar-refractivity contribution is 0.0671. The van der Waals surface area contributed by atoms with Crippen LogP contribution < -0.4 is 4.74 Å². The van der Waals surface area contributed by atoms with Gasteiger partial charge >= 0.3 is 0 Å². The number of benzene rings is 1. The molecule has 1 aromatic carbocycles. The van der Waals surface area contributed by atoms with E-state index >= 15 is 0 Å². The van der Waals surface area contributed by atoms with Crippen molar-refractivity contribution in [1.29, 1.82) is 0 Å². The van der Waals surface area contributed by atoms with E-state index in [0.717, 1.165) is 5.56 Å². The molecule has 5 nitrogen and oxygen atoms in total. The zero-order chi connectivity index (χ0) is 17.4. The average Bonchev–Trinajstić information content (AvgIpc) is 3.01. The molecule has 3 atom stereocenters. The number of carbonyl (C=O) groups is 1. The number of rotatable bonds is 3. The maximum absolute atomic E-state index is 13.9. The lowest BCUT2D eigenvalue weighted by atomic mass is 9.85. The fraction of sp³-hybridized carbons (Fsp3) is 0.368. The van der Waals surface area contributed by atoms with Gasteiger partial charge in [-0.3, -0.25) is 9.78 Å². The molecule has 0 saturated carbocycles. The Morgan fingerprint density at radius 2 is 2.16 bits per heavy atom. The van der Waals surface area contributed by atoms with Crippen molar-refractivity contribution in [3.63, 3.8) is 0 Å². The Kier molecular flexibility index (Phi) is 4.13. The first-order valence-electron chi connectivity index (χ1n) is 8.31. The quantitative estimate of drug-likeness (QED) is 0.861. The van der Waals surface area contributed by atoms with Crippen molar-refractivity contribution in [3.8, 4) is 5.75 Å². The Labute approximate surface area is 145 Å². The van der Waals surface area contributed by atoms with Crippen molar-refractivity contribution in [2.45, 2.75) is 6.04 Å². The van der Waals surface area contributed by atoms with Crippen LogP contribution in [-0.4, -0.2) is 42.7 Å². The number of hydrogen-bond donors (Lipinski definition) is 0. The molecule has 2 aliphatic heterocycles. The number of ether oxygens (including phenoxy) is 2. The van der Waals surface area contributed by atoms with Crippen LogP contribution in [0.15, 0.2) is 42.7 Å². The molecule has 1 fully saturated rings. The van der Waals surface area contributed by atoms with E-state index in [1.54, 1.807) is 37.7 Å². The van der Waals surface area contributed by atoms with Crippen LogP contribution >= 0.6 is 0 Å². The maximum atomic E-state index is 13.9. The molecule has 1 aromatic heterocycles. The summed E-state index contributed by atoms with van der Waals surface area (Å²) in [4.78, 5) is 18.9. The Morgan fingerprint density at radius 3 is 2.92 bits per heavy atom. The van der Waals surface area contributed by atoms with Crippen molar-refractivity contribution in [1.82, 2.24) is 9.88 Å². The second-order valence-electron chi connectivity index (χ2n) is 6.51. The number of pyridine rings is 1. The van der Waals surface area contributed by atoms with Gasteiger partial charge in [-0.25, -0.2) is 4.39 Å². The first kappa shape index (κ1) is 16.0. The fourth-order valence-electron chi connectivity index (χ4n) is 3.94. The number of methoxy groups -OCH3 is 1. The second-order valence-corrected chi connectivity index (χ2v) is 6.51. The van der Waals surface area contributed by atoms with E-state index in [2.05, 4.69) is 4.98 Å². The highest BCUT2D eigenvalue weighted by molar-refractivity contribution is 5.94. The summed E-state index contributed by atoms with van der Waals surface area (Å²) in [6, 6.07) is 7.70. The Morgan fingerprint density at radius 1 is 1.36 bits per heavy atom. The van der Waals surface area contributed by atoms with Gasteiger partial charge < -0.3 is 14.4 Å². The second kappa shape index (κ2) is 6.44. The van der Waals surface area contributed by atoms with Gasteiger partial charge in [-0.15, -0.1) is 0 Å². The van der Waals surface area contributed by atoms with Crippen molar-refractivity contribution >= 4 is 5.91 Å². The number of hydrogen-bond acceptors (Lipinski definition) is 4. The zero-order valence-corrected chi connectivity index (χ0v) is 13.9. The van der Waals surface area contributed by atoms with Gasteiger partial charge in [0.05, 0.1) is 19.3 Å². The minimum absolute atomic E-state index is 0.0758. The van der Waals surface area contributed by atoms with Crippen LogP contribution in [0.5, 0.6) is 5.75 Å². The van der Waals surface area contributed by atoms with Crippen molar-refractivity contribution < 1.29 is 18.7 Å². The molecule has 3 heterocycles. The first-order valence-corrected chi connectivity index (χ1v) is 8.31. The summed E-state index contributed by atoms with van der Waals surface area (Å²) >= 11 is 0. The molecule has 130 valence electrons. The van der Waals surface area contributed by atoms with E-state index in [1.807, 2.05) is 4.90 Å². The Hall–Kier alpha value is -2.47.